The molecule has 1 unspecified atom stereocenters. The van der Waals surface area contributed by atoms with Gasteiger partial charge < -0.3 is 4.90 Å². The molecule has 0 N–H and O–H groups in total. The van der Waals surface area contributed by atoms with Crippen molar-refractivity contribution in [3.8, 4) is 6.07 Å². The summed E-state index contributed by atoms with van der Waals surface area (Å²) in [5, 5.41) is 8.59. The zero-order valence-electron chi connectivity index (χ0n) is 9.14. The maximum absolute atomic E-state index is 8.59. The molecule has 15 heavy (non-hydrogen) atoms. The van der Waals surface area contributed by atoms with Crippen LogP contribution < -0.4 is 4.90 Å². The summed E-state index contributed by atoms with van der Waals surface area (Å²) in [5.74, 6) is 1.84. The van der Waals surface area contributed by atoms with Crippen LogP contribution in [0.25, 0.3) is 0 Å². The molecule has 0 fully saturated rings. The molecule has 4 nitrogen and oxygen atoms in total. The average Bonchev–Trinajstić information content (AvgIpc) is 2.28. The number of hydrogen-bond donors (Lipinski definition) is 0. The van der Waals surface area contributed by atoms with Gasteiger partial charge in [0.15, 0.2) is 5.69 Å². The third kappa shape index (κ3) is 3.10. The highest BCUT2D eigenvalue weighted by Gasteiger charge is 2.10. The molecule has 1 rings (SSSR count). The quantitative estimate of drug-likeness (QED) is 0.773. The van der Waals surface area contributed by atoms with E-state index < -0.39 is 0 Å². The first-order chi connectivity index (χ1) is 7.19. The number of nitriles is 1. The largest absolute Gasteiger partial charge is 0.355 e. The molecule has 0 aliphatic carbocycles. The fourth-order valence-corrected chi connectivity index (χ4v) is 1.85. The molecule has 0 saturated carbocycles. The second-order valence-corrected chi connectivity index (χ2v) is 4.20. The number of aromatic nitrogens is 2. The van der Waals surface area contributed by atoms with E-state index in [0.717, 1.165) is 11.6 Å². The van der Waals surface area contributed by atoms with Crippen LogP contribution in [0.2, 0.25) is 0 Å². The van der Waals surface area contributed by atoms with Gasteiger partial charge in [0.2, 0.25) is 0 Å². The van der Waals surface area contributed by atoms with E-state index in [-0.39, 0.29) is 0 Å². The number of hydrogen-bond acceptors (Lipinski definition) is 5. The minimum Gasteiger partial charge on any atom is -0.355 e. The summed E-state index contributed by atoms with van der Waals surface area (Å²) in [5.41, 5.74) is 0.352. The third-order valence-corrected chi connectivity index (χ3v) is 3.00. The van der Waals surface area contributed by atoms with Crippen LogP contribution in [-0.4, -0.2) is 35.1 Å². The number of thioether (sulfide) groups is 1. The van der Waals surface area contributed by atoms with Gasteiger partial charge in [0.1, 0.15) is 11.9 Å². The van der Waals surface area contributed by atoms with Crippen LogP contribution in [0, 0.1) is 11.3 Å². The summed E-state index contributed by atoms with van der Waals surface area (Å²) >= 11 is 1.80. The molecule has 0 aromatic carbocycles. The molecule has 0 aliphatic rings. The molecular weight excluding hydrogens is 208 g/mol. The molecule has 1 heterocycles. The topological polar surface area (TPSA) is 52.8 Å². The van der Waals surface area contributed by atoms with Gasteiger partial charge in [-0.1, -0.05) is 0 Å². The van der Waals surface area contributed by atoms with E-state index >= 15 is 0 Å². The average molecular weight is 222 g/mol. The highest BCUT2D eigenvalue weighted by atomic mass is 32.2. The predicted molar refractivity (Wildman–Crippen MR) is 63.0 cm³/mol. The Morgan fingerprint density at radius 1 is 1.53 bits per heavy atom. The van der Waals surface area contributed by atoms with Crippen LogP contribution in [0.3, 0.4) is 0 Å². The molecule has 1 atom stereocenters. The Morgan fingerprint density at radius 2 is 2.27 bits per heavy atom. The Hall–Kier alpha value is -1.28. The van der Waals surface area contributed by atoms with Gasteiger partial charge in [-0.15, -0.1) is 0 Å². The first kappa shape index (κ1) is 11.8. The van der Waals surface area contributed by atoms with E-state index in [9.17, 15) is 0 Å². The zero-order valence-corrected chi connectivity index (χ0v) is 9.95. The minimum absolute atomic E-state index is 0.352. The fourth-order valence-electron chi connectivity index (χ4n) is 1.14. The lowest BCUT2D eigenvalue weighted by Crippen LogP contribution is -2.31. The molecule has 0 bridgehead atoms. The normalized spacial score (nSPS) is 11.9. The maximum Gasteiger partial charge on any atom is 0.158 e. The predicted octanol–water partition coefficient (Wildman–Crippen LogP) is 1.54. The highest BCUT2D eigenvalue weighted by molar-refractivity contribution is 7.98. The van der Waals surface area contributed by atoms with Crippen LogP contribution >= 0.6 is 11.8 Å². The Kier molecular flexibility index (Phi) is 4.37. The summed E-state index contributed by atoms with van der Waals surface area (Å²) in [6.45, 7) is 2.14. The van der Waals surface area contributed by atoms with Crippen molar-refractivity contribution in [3.05, 3.63) is 18.1 Å². The van der Waals surface area contributed by atoms with Gasteiger partial charge in [-0.2, -0.15) is 17.0 Å². The molecule has 0 spiro atoms. The first-order valence-electron chi connectivity index (χ1n) is 4.63. The van der Waals surface area contributed by atoms with Crippen molar-refractivity contribution >= 4 is 17.6 Å². The van der Waals surface area contributed by atoms with E-state index in [1.165, 1.54) is 6.20 Å². The zero-order chi connectivity index (χ0) is 11.3. The number of rotatable bonds is 4. The summed E-state index contributed by atoms with van der Waals surface area (Å²) in [6, 6.07) is 2.36. The molecule has 0 amide bonds. The minimum atomic E-state index is 0.352. The van der Waals surface area contributed by atoms with E-state index in [4.69, 9.17) is 5.26 Å². The van der Waals surface area contributed by atoms with Crippen LogP contribution in [0.4, 0.5) is 5.82 Å². The Labute approximate surface area is 94.3 Å². The maximum atomic E-state index is 8.59. The monoisotopic (exact) mass is 222 g/mol. The SMILES string of the molecule is CSCC(C)N(C)c1cnc(C#N)cn1. The molecule has 1 aromatic heterocycles. The summed E-state index contributed by atoms with van der Waals surface area (Å²) in [4.78, 5) is 10.2. The van der Waals surface area contributed by atoms with E-state index in [0.29, 0.717) is 11.7 Å². The lowest BCUT2D eigenvalue weighted by molar-refractivity contribution is 0.750. The van der Waals surface area contributed by atoms with Crippen molar-refractivity contribution in [1.82, 2.24) is 9.97 Å². The molecular formula is C10H14N4S. The van der Waals surface area contributed by atoms with Crippen molar-refractivity contribution in [3.63, 3.8) is 0 Å². The van der Waals surface area contributed by atoms with E-state index in [1.807, 2.05) is 13.1 Å². The van der Waals surface area contributed by atoms with Crippen LogP contribution in [-0.2, 0) is 0 Å². The second kappa shape index (κ2) is 5.56. The molecule has 5 heteroatoms. The van der Waals surface area contributed by atoms with Gasteiger partial charge in [-0.25, -0.2) is 9.97 Å². The molecule has 0 aliphatic heterocycles. The van der Waals surface area contributed by atoms with Crippen LogP contribution in [0.15, 0.2) is 12.4 Å². The van der Waals surface area contributed by atoms with Gasteiger partial charge in [0.25, 0.3) is 0 Å². The first-order valence-corrected chi connectivity index (χ1v) is 6.02. The summed E-state index contributed by atoms with van der Waals surface area (Å²) in [6.07, 6.45) is 5.21. The van der Waals surface area contributed by atoms with Crippen molar-refractivity contribution in [2.75, 3.05) is 24.0 Å². The third-order valence-electron chi connectivity index (χ3n) is 2.18. The highest BCUT2D eigenvalue weighted by Crippen LogP contribution is 2.12. The van der Waals surface area contributed by atoms with Crippen molar-refractivity contribution in [2.24, 2.45) is 0 Å². The molecule has 0 saturated heterocycles. The van der Waals surface area contributed by atoms with Gasteiger partial charge >= 0.3 is 0 Å². The van der Waals surface area contributed by atoms with E-state index in [1.54, 1.807) is 18.0 Å². The van der Waals surface area contributed by atoms with Crippen LogP contribution in [0.1, 0.15) is 12.6 Å². The van der Waals surface area contributed by atoms with Gasteiger partial charge in [0.05, 0.1) is 12.4 Å². The van der Waals surface area contributed by atoms with Gasteiger partial charge in [-0.3, -0.25) is 0 Å². The standard InChI is InChI=1S/C10H14N4S/c1-8(7-15-3)14(2)10-6-12-9(4-11)5-13-10/h5-6,8H,7H2,1-3H3. The van der Waals surface area contributed by atoms with Gasteiger partial charge in [-0.05, 0) is 13.2 Å². The van der Waals surface area contributed by atoms with Crippen molar-refractivity contribution in [2.45, 2.75) is 13.0 Å². The fraction of sp³-hybridized carbons (Fsp3) is 0.500. The van der Waals surface area contributed by atoms with Gasteiger partial charge in [0, 0.05) is 18.8 Å². The lowest BCUT2D eigenvalue weighted by atomic mass is 10.3. The smallest absolute Gasteiger partial charge is 0.158 e. The van der Waals surface area contributed by atoms with Crippen molar-refractivity contribution in [1.29, 1.82) is 5.26 Å². The molecule has 0 radical (unpaired) electrons. The summed E-state index contributed by atoms with van der Waals surface area (Å²) < 4.78 is 0. The number of nitrogens with zero attached hydrogens (tertiary/aromatic N) is 4. The Bertz CT molecular complexity index is 343. The van der Waals surface area contributed by atoms with E-state index in [2.05, 4.69) is 28.0 Å². The second-order valence-electron chi connectivity index (χ2n) is 3.29. The Morgan fingerprint density at radius 3 is 2.73 bits per heavy atom. The lowest BCUT2D eigenvalue weighted by Gasteiger charge is -2.24. The number of anilines is 1. The Balaban J connectivity index is 2.74. The molecule has 80 valence electrons. The van der Waals surface area contributed by atoms with Crippen LogP contribution in [0.5, 0.6) is 0 Å². The van der Waals surface area contributed by atoms with Crippen molar-refractivity contribution < 1.29 is 0 Å². The summed E-state index contributed by atoms with van der Waals surface area (Å²) in [7, 11) is 1.98. The molecule has 1 aromatic rings.